The van der Waals surface area contributed by atoms with Crippen LogP contribution in [0.1, 0.15) is 142 Å². The predicted molar refractivity (Wildman–Crippen MR) is 420 cm³/mol. The highest BCUT2D eigenvalue weighted by atomic mass is 16.6. The monoisotopic (exact) mass is 1660 g/mol. The van der Waals surface area contributed by atoms with Crippen molar-refractivity contribution in [2.45, 2.75) is 191 Å². The largest absolute Gasteiger partial charge is 0.481 e. The number of ether oxygens (including phenoxy) is 6. The molecule has 4 bridgehead atoms. The van der Waals surface area contributed by atoms with Crippen LogP contribution in [0.5, 0.6) is 0 Å². The van der Waals surface area contributed by atoms with Crippen molar-refractivity contribution in [2.24, 2.45) is 22.5 Å². The van der Waals surface area contributed by atoms with Gasteiger partial charge < -0.3 is 96.5 Å². The molecule has 1 unspecified atom stereocenters. The minimum atomic E-state index is -2.60. The molecular formula is C85H97N11O24. The van der Waals surface area contributed by atoms with Gasteiger partial charge in [0.05, 0.1) is 55.4 Å². The number of nitrogens with zero attached hydrogens (tertiary/aromatic N) is 2. The van der Waals surface area contributed by atoms with Crippen LogP contribution in [0.3, 0.4) is 0 Å². The summed E-state index contributed by atoms with van der Waals surface area (Å²) in [6.45, 7) is 5.47. The molecule has 7 aliphatic rings. The topological polar surface area (TPSA) is 513 Å². The molecule has 15 atom stereocenters. The second-order valence-electron chi connectivity index (χ2n) is 31.4. The third kappa shape index (κ3) is 19.3. The molecule has 35 heteroatoms. The zero-order valence-corrected chi connectivity index (χ0v) is 66.8. The third-order valence-corrected chi connectivity index (χ3v) is 23.2. The van der Waals surface area contributed by atoms with E-state index in [-0.39, 0.29) is 79.2 Å². The first kappa shape index (κ1) is 88.1. The van der Waals surface area contributed by atoms with Crippen molar-refractivity contribution in [1.82, 2.24) is 47.0 Å². The SMILES string of the molecule is CC(=O)O[C@H]1C(=O)[C@@]2(C)C([C@H](OC(=O)c3ccccc3)[C@]3(O)C[C@H](OC(=O)[C@H](OC(=O)CCC(=O)NCc4ccc(CN5C(=O)[C@@H]6CNC(=O)[C@H](CC(=O)O)NC(=O)CNC(=O)[C@H](CCCNC(=N)N)NC(=O)C[C@@H]5C(=O)N6Cc5ccccc5)cc4)[C@@H](NC(=O)c4ccccc4)c4ccccc4)C(C)=C1C3(C)C)[C@]1(OC(C)=O)CO[C@@H]1C[C@@H]2O. The van der Waals surface area contributed by atoms with Gasteiger partial charge in [0, 0.05) is 76.8 Å². The number of fused-ring (bicyclic) bond motifs is 19. The summed E-state index contributed by atoms with van der Waals surface area (Å²) < 4.78 is 37.2. The van der Waals surface area contributed by atoms with Crippen LogP contribution in [0.4, 0.5) is 0 Å². The molecule has 12 rings (SSSR count). The van der Waals surface area contributed by atoms with E-state index in [1.54, 1.807) is 109 Å². The number of hydrogen-bond acceptors (Lipinski definition) is 24. The summed E-state index contributed by atoms with van der Waals surface area (Å²) in [5.74, 6) is -16.8. The Hall–Kier alpha value is -12.8. The fraction of sp³-hybridized carbons (Fsp3) is 0.435. The Bertz CT molecular complexity index is 4810. The van der Waals surface area contributed by atoms with Crippen molar-refractivity contribution in [3.05, 3.63) is 190 Å². The second-order valence-corrected chi connectivity index (χ2v) is 31.4. The van der Waals surface area contributed by atoms with Gasteiger partial charge in [-0.3, -0.25) is 67.7 Å². The highest BCUT2D eigenvalue weighted by Crippen LogP contribution is 2.64. The van der Waals surface area contributed by atoms with Gasteiger partial charge in [-0.15, -0.1) is 0 Å². The van der Waals surface area contributed by atoms with Gasteiger partial charge >= 0.3 is 35.8 Å². The van der Waals surface area contributed by atoms with E-state index in [1.165, 1.54) is 69.0 Å². The number of hydrogen-bond donors (Lipinski definition) is 12. The lowest BCUT2D eigenvalue weighted by Gasteiger charge is -2.67. The summed E-state index contributed by atoms with van der Waals surface area (Å²) in [5.41, 5.74) is -1.60. The summed E-state index contributed by atoms with van der Waals surface area (Å²) in [7, 11) is 0. The summed E-state index contributed by atoms with van der Waals surface area (Å²) in [5, 5.41) is 61.9. The molecule has 0 radical (unpaired) electrons. The van der Waals surface area contributed by atoms with Gasteiger partial charge in [0.2, 0.25) is 47.5 Å². The number of nitrogens with one attached hydrogen (secondary N) is 8. The van der Waals surface area contributed by atoms with Gasteiger partial charge in [0.25, 0.3) is 5.91 Å². The van der Waals surface area contributed by atoms with Crippen molar-refractivity contribution in [3.63, 3.8) is 0 Å². The Morgan fingerprint density at radius 2 is 1.27 bits per heavy atom. The molecule has 4 heterocycles. The number of aliphatic hydroxyl groups is 2. The van der Waals surface area contributed by atoms with Crippen LogP contribution in [0.25, 0.3) is 0 Å². The van der Waals surface area contributed by atoms with Gasteiger partial charge in [0.1, 0.15) is 54.1 Å². The molecule has 0 aromatic heterocycles. The first-order valence-corrected chi connectivity index (χ1v) is 39.2. The Balaban J connectivity index is 0.862. The van der Waals surface area contributed by atoms with Crippen molar-refractivity contribution >= 4 is 94.8 Å². The first-order valence-electron chi connectivity index (χ1n) is 39.2. The normalized spacial score (nSPS) is 26.5. The minimum absolute atomic E-state index is 0.0181. The first-order chi connectivity index (χ1) is 57.0. The maximum atomic E-state index is 16.0. The summed E-state index contributed by atoms with van der Waals surface area (Å²) in [6, 6.07) is 30.2. The number of esters is 5. The van der Waals surface area contributed by atoms with Crippen LogP contribution in [-0.2, 0) is 110 Å². The number of benzene rings is 5. The second kappa shape index (κ2) is 37.5. The lowest BCUT2D eigenvalue weighted by Crippen LogP contribution is -2.82. The van der Waals surface area contributed by atoms with Gasteiger partial charge in [-0.05, 0) is 84.4 Å². The molecule has 2 saturated carbocycles. The Labute approximate surface area is 689 Å². The van der Waals surface area contributed by atoms with E-state index < -0.39 is 235 Å². The van der Waals surface area contributed by atoms with E-state index in [9.17, 15) is 68.1 Å². The summed E-state index contributed by atoms with van der Waals surface area (Å²) >= 11 is 0. The molecule has 4 aliphatic heterocycles. The zero-order valence-electron chi connectivity index (χ0n) is 66.8. The predicted octanol–water partition coefficient (Wildman–Crippen LogP) is 1.84. The Kier molecular flexibility index (Phi) is 27.5. The van der Waals surface area contributed by atoms with E-state index in [0.717, 1.165) is 18.7 Å². The highest BCUT2D eigenvalue weighted by molar-refractivity contribution is 6.02. The number of carbonyl (C=O) groups is 15. The van der Waals surface area contributed by atoms with Gasteiger partial charge in [-0.1, -0.05) is 135 Å². The quantitative estimate of drug-likeness (QED) is 0.00714. The van der Waals surface area contributed by atoms with E-state index in [2.05, 4.69) is 37.2 Å². The molecular weight excluding hydrogens is 1560 g/mol. The Morgan fingerprint density at radius 3 is 1.88 bits per heavy atom. The van der Waals surface area contributed by atoms with E-state index in [1.807, 2.05) is 0 Å². The maximum absolute atomic E-state index is 16.0. The number of piperazine rings is 1. The number of carbonyl (C=O) groups excluding carboxylic acids is 14. The number of guanidine groups is 1. The number of Topliss-reactive ketones (excluding diaryl/α,β-unsaturated/α-hetero) is 1. The molecule has 3 aliphatic carbocycles. The maximum Gasteiger partial charge on any atom is 0.350 e. The number of aliphatic carboxylic acids is 1. The smallest absolute Gasteiger partial charge is 0.350 e. The molecule has 6 fully saturated rings. The average Bonchev–Trinajstić information content (AvgIpc) is 0.667. The molecule has 0 spiro atoms. The van der Waals surface area contributed by atoms with Crippen molar-refractivity contribution in [2.75, 3.05) is 26.2 Å². The van der Waals surface area contributed by atoms with Crippen LogP contribution in [0, 0.1) is 22.2 Å². The van der Waals surface area contributed by atoms with Gasteiger partial charge in [-0.2, -0.15) is 0 Å². The number of amides is 8. The molecule has 5 aromatic carbocycles. The van der Waals surface area contributed by atoms with Gasteiger partial charge in [0.15, 0.2) is 23.4 Å². The number of rotatable bonds is 26. The molecule has 35 nitrogen and oxygen atoms in total. The van der Waals surface area contributed by atoms with E-state index in [0.29, 0.717) is 16.7 Å². The molecule has 5 aromatic rings. The van der Waals surface area contributed by atoms with E-state index in [4.69, 9.17) is 39.6 Å². The summed E-state index contributed by atoms with van der Waals surface area (Å²) in [6.07, 6.45) is -14.7. The standard InChI is InChI=1S/C85H97N11O24/c1-46-59(39-85(114)73(119-79(112)54-26-17-10-18-27-54)71-83(6,60(99)38-61-84(71,45-115-61)120-48(3)98)72(106)69(116-47(2)97)67(46)82(85,4)5)117-80(113)70(68(52-22-13-8-14-23-52)94-74(107)53-24-15-9-16-25-53)118-66(105)34-33-62(100)89-40-49-29-31-51(32-30-49)44-95-57-37-63(101)92-55(28-19-35-88-81(86)87)75(108)91-42-64(102)93-56(36-65(103)104)76(109)90-41-58(78(95)111)96(77(57)110)43-50-20-11-7-12-21-50/h7-18,20-27,29-32,55-61,68-71,73,99,114H,19,28,33-45H2,1-6H3,(H,89,100)(H,90,109)(H,91,108)(H,92,101)(H,93,102)(H,94,107)(H,103,104)(H4,86,87,88)/t55-,56-,57+,58-,59-,60-,61+,68-,69+,70+,71?,73-,83+,84-,85+/m0/s1. The average molecular weight is 1660 g/mol. The number of nitrogens with two attached hydrogens (primary N) is 1. The van der Waals surface area contributed by atoms with Crippen molar-refractivity contribution < 1.29 is 116 Å². The Morgan fingerprint density at radius 1 is 0.692 bits per heavy atom. The lowest BCUT2D eigenvalue weighted by atomic mass is 9.44. The van der Waals surface area contributed by atoms with Gasteiger partial charge in [-0.25, -0.2) is 9.59 Å². The highest BCUT2D eigenvalue weighted by Gasteiger charge is 2.78. The fourth-order valence-electron chi connectivity index (χ4n) is 16.9. The minimum Gasteiger partial charge on any atom is -0.481 e. The molecule has 13 N–H and O–H groups in total. The molecule has 8 amide bonds. The lowest BCUT2D eigenvalue weighted by molar-refractivity contribution is -0.346. The van der Waals surface area contributed by atoms with Crippen LogP contribution in [0.2, 0.25) is 0 Å². The van der Waals surface area contributed by atoms with Crippen LogP contribution < -0.4 is 43.0 Å². The van der Waals surface area contributed by atoms with Crippen molar-refractivity contribution in [1.29, 1.82) is 5.41 Å². The number of aliphatic hydroxyl groups excluding tert-OH is 1. The van der Waals surface area contributed by atoms with E-state index >= 15 is 19.2 Å². The molecule has 120 heavy (non-hydrogen) atoms. The number of ketones is 1. The van der Waals surface area contributed by atoms with Crippen LogP contribution in [0.15, 0.2) is 157 Å². The zero-order chi connectivity index (χ0) is 86.7. The fourth-order valence-corrected chi connectivity index (χ4v) is 16.9. The molecule has 4 saturated heterocycles. The van der Waals surface area contributed by atoms with Crippen LogP contribution in [-0.4, -0.2) is 218 Å². The number of carboxylic acids is 1. The summed E-state index contributed by atoms with van der Waals surface area (Å²) in [4.78, 5) is 216. The van der Waals surface area contributed by atoms with Crippen LogP contribution >= 0.6 is 0 Å². The molecule has 636 valence electrons. The van der Waals surface area contributed by atoms with Crippen molar-refractivity contribution in [3.8, 4) is 0 Å². The number of carboxylic acid groups (broad SMARTS) is 1. The third-order valence-electron chi connectivity index (χ3n) is 23.2.